The number of fused-ring (bicyclic) bond motifs is 1. The van der Waals surface area contributed by atoms with Crippen LogP contribution in [0, 0.1) is 0 Å². The zero-order valence-electron chi connectivity index (χ0n) is 18.7. The molecule has 33 heavy (non-hydrogen) atoms. The standard InChI is InChI=1S/C25H25N3O4S/c1-4-16(2)27-14-17(20-7-5-6-8-21(20)27)13-22-24(30)28(25(31)33-22)15-23(29)26-18-9-11-19(32-3)12-10-18/h5-14,16H,4,15H2,1-3H3,(H,26,29)/b22-13+/t16-/m0/s1. The van der Waals surface area contributed by atoms with Crippen LogP contribution in [0.4, 0.5) is 10.5 Å². The Labute approximate surface area is 196 Å². The lowest BCUT2D eigenvalue weighted by Crippen LogP contribution is -2.36. The number of nitrogens with one attached hydrogen (secondary N) is 1. The Kier molecular flexibility index (Phi) is 6.55. The summed E-state index contributed by atoms with van der Waals surface area (Å²) in [5.74, 6) is -0.244. The summed E-state index contributed by atoms with van der Waals surface area (Å²) in [6, 6.07) is 15.1. The number of rotatable bonds is 7. The van der Waals surface area contributed by atoms with Crippen molar-refractivity contribution in [1.82, 2.24) is 9.47 Å². The Morgan fingerprint density at radius 2 is 1.88 bits per heavy atom. The van der Waals surface area contributed by atoms with Gasteiger partial charge < -0.3 is 14.6 Å². The molecule has 7 nitrogen and oxygen atoms in total. The Hall–Kier alpha value is -3.52. The predicted molar refractivity (Wildman–Crippen MR) is 131 cm³/mol. The third kappa shape index (κ3) is 4.66. The molecule has 3 amide bonds. The second-order valence-electron chi connectivity index (χ2n) is 7.81. The van der Waals surface area contributed by atoms with Gasteiger partial charge >= 0.3 is 0 Å². The minimum atomic E-state index is -0.463. The summed E-state index contributed by atoms with van der Waals surface area (Å²) in [6.45, 7) is 3.93. The Bertz CT molecular complexity index is 1250. The maximum absolute atomic E-state index is 12.9. The van der Waals surface area contributed by atoms with E-state index < -0.39 is 17.1 Å². The summed E-state index contributed by atoms with van der Waals surface area (Å²) in [5.41, 5.74) is 2.51. The molecule has 1 aromatic heterocycles. The molecule has 0 spiro atoms. The molecule has 0 radical (unpaired) electrons. The third-order valence-corrected chi connectivity index (χ3v) is 6.58. The smallest absolute Gasteiger partial charge is 0.294 e. The van der Waals surface area contributed by atoms with Crippen molar-refractivity contribution in [2.45, 2.75) is 26.3 Å². The second kappa shape index (κ2) is 9.54. The highest BCUT2D eigenvalue weighted by Crippen LogP contribution is 2.35. The molecular formula is C25H25N3O4S. The molecule has 3 aromatic rings. The summed E-state index contributed by atoms with van der Waals surface area (Å²) < 4.78 is 7.29. The van der Waals surface area contributed by atoms with Crippen molar-refractivity contribution in [3.63, 3.8) is 0 Å². The minimum Gasteiger partial charge on any atom is -0.497 e. The number of methoxy groups -OCH3 is 1. The predicted octanol–water partition coefficient (Wildman–Crippen LogP) is 5.30. The SMILES string of the molecule is CC[C@H](C)n1cc(/C=C2/SC(=O)N(CC(=O)Nc3ccc(OC)cc3)C2=O)c2ccccc21. The molecule has 4 rings (SSSR count). The molecule has 0 bridgehead atoms. The fraction of sp³-hybridized carbons (Fsp3) is 0.240. The number of anilines is 1. The second-order valence-corrected chi connectivity index (χ2v) is 8.80. The van der Waals surface area contributed by atoms with Crippen LogP contribution in [0.25, 0.3) is 17.0 Å². The number of benzene rings is 2. The third-order valence-electron chi connectivity index (χ3n) is 5.67. The number of aromatic nitrogens is 1. The molecule has 1 aliphatic rings. The molecule has 1 atom stereocenters. The number of carbonyl (C=O) groups is 3. The number of imide groups is 1. The van der Waals surface area contributed by atoms with E-state index in [2.05, 4.69) is 23.7 Å². The van der Waals surface area contributed by atoms with Gasteiger partial charge in [-0.3, -0.25) is 19.3 Å². The van der Waals surface area contributed by atoms with Crippen LogP contribution in [0.1, 0.15) is 31.9 Å². The first-order valence-electron chi connectivity index (χ1n) is 10.7. The summed E-state index contributed by atoms with van der Waals surface area (Å²) in [4.78, 5) is 39.2. The summed E-state index contributed by atoms with van der Waals surface area (Å²) in [5, 5.41) is 3.26. The van der Waals surface area contributed by atoms with Gasteiger partial charge in [-0.25, -0.2) is 0 Å². The van der Waals surface area contributed by atoms with E-state index in [0.717, 1.165) is 39.5 Å². The van der Waals surface area contributed by atoms with Crippen LogP contribution in [0.3, 0.4) is 0 Å². The zero-order valence-corrected chi connectivity index (χ0v) is 19.5. The number of para-hydroxylation sites is 1. The highest BCUT2D eigenvalue weighted by molar-refractivity contribution is 8.18. The molecule has 170 valence electrons. The first-order chi connectivity index (χ1) is 15.9. The average Bonchev–Trinajstić information content (AvgIpc) is 3.32. The van der Waals surface area contributed by atoms with E-state index in [1.165, 1.54) is 0 Å². The molecule has 1 aliphatic heterocycles. The topological polar surface area (TPSA) is 80.6 Å². The molecule has 0 saturated carbocycles. The average molecular weight is 464 g/mol. The van der Waals surface area contributed by atoms with Gasteiger partial charge in [0.1, 0.15) is 12.3 Å². The summed E-state index contributed by atoms with van der Waals surface area (Å²) in [7, 11) is 1.56. The normalized spacial score (nSPS) is 16.0. The number of ether oxygens (including phenoxy) is 1. The zero-order chi connectivity index (χ0) is 23.5. The quantitative estimate of drug-likeness (QED) is 0.481. The van der Waals surface area contributed by atoms with Crippen LogP contribution in [-0.2, 0) is 9.59 Å². The fourth-order valence-electron chi connectivity index (χ4n) is 3.70. The van der Waals surface area contributed by atoms with E-state index >= 15 is 0 Å². The monoisotopic (exact) mass is 463 g/mol. The van der Waals surface area contributed by atoms with Crippen LogP contribution >= 0.6 is 11.8 Å². The van der Waals surface area contributed by atoms with Crippen LogP contribution in [0.15, 0.2) is 59.6 Å². The number of amides is 3. The first kappa shape index (κ1) is 22.7. The molecule has 1 fully saturated rings. The van der Waals surface area contributed by atoms with E-state index in [0.29, 0.717) is 22.4 Å². The highest BCUT2D eigenvalue weighted by Gasteiger charge is 2.36. The van der Waals surface area contributed by atoms with E-state index in [-0.39, 0.29) is 6.54 Å². The van der Waals surface area contributed by atoms with Crippen molar-refractivity contribution >= 4 is 51.5 Å². The van der Waals surface area contributed by atoms with Crippen molar-refractivity contribution < 1.29 is 19.1 Å². The van der Waals surface area contributed by atoms with Crippen molar-refractivity contribution in [1.29, 1.82) is 0 Å². The lowest BCUT2D eigenvalue weighted by Gasteiger charge is -2.12. The van der Waals surface area contributed by atoms with Crippen LogP contribution in [0.5, 0.6) is 5.75 Å². The molecule has 0 aliphatic carbocycles. The Balaban J connectivity index is 1.53. The van der Waals surface area contributed by atoms with Crippen molar-refractivity contribution in [3.05, 3.63) is 65.2 Å². The number of hydrogen-bond donors (Lipinski definition) is 1. The maximum Gasteiger partial charge on any atom is 0.294 e. The lowest BCUT2D eigenvalue weighted by molar-refractivity contribution is -0.127. The lowest BCUT2D eigenvalue weighted by atomic mass is 10.1. The molecule has 2 aromatic carbocycles. The van der Waals surface area contributed by atoms with Gasteiger partial charge in [0.05, 0.1) is 12.0 Å². The highest BCUT2D eigenvalue weighted by atomic mass is 32.2. The van der Waals surface area contributed by atoms with E-state index in [1.54, 1.807) is 37.5 Å². The largest absolute Gasteiger partial charge is 0.497 e. The molecule has 1 saturated heterocycles. The Morgan fingerprint density at radius 3 is 2.58 bits per heavy atom. The molecule has 8 heteroatoms. The molecule has 1 N–H and O–H groups in total. The molecule has 2 heterocycles. The number of carbonyl (C=O) groups excluding carboxylic acids is 3. The van der Waals surface area contributed by atoms with Gasteiger partial charge in [-0.2, -0.15) is 0 Å². The number of hydrogen-bond acceptors (Lipinski definition) is 5. The summed E-state index contributed by atoms with van der Waals surface area (Å²) >= 11 is 0.855. The van der Waals surface area contributed by atoms with Gasteiger partial charge in [-0.05, 0) is 61.5 Å². The fourth-order valence-corrected chi connectivity index (χ4v) is 4.53. The van der Waals surface area contributed by atoms with Crippen LogP contribution < -0.4 is 10.1 Å². The van der Waals surface area contributed by atoms with E-state index in [1.807, 2.05) is 30.5 Å². The van der Waals surface area contributed by atoms with Crippen molar-refractivity contribution in [2.24, 2.45) is 0 Å². The van der Waals surface area contributed by atoms with Gasteiger partial charge in [0.25, 0.3) is 11.1 Å². The van der Waals surface area contributed by atoms with E-state index in [4.69, 9.17) is 4.74 Å². The van der Waals surface area contributed by atoms with Gasteiger partial charge in [-0.15, -0.1) is 0 Å². The van der Waals surface area contributed by atoms with Gasteiger partial charge in [0.15, 0.2) is 0 Å². The number of nitrogens with zero attached hydrogens (tertiary/aromatic N) is 2. The van der Waals surface area contributed by atoms with Gasteiger partial charge in [0.2, 0.25) is 5.91 Å². The minimum absolute atomic E-state index is 0.300. The first-order valence-corrected chi connectivity index (χ1v) is 11.5. The molecular weight excluding hydrogens is 438 g/mol. The maximum atomic E-state index is 12.9. The van der Waals surface area contributed by atoms with Gasteiger partial charge in [-0.1, -0.05) is 25.1 Å². The van der Waals surface area contributed by atoms with Crippen molar-refractivity contribution in [3.8, 4) is 5.75 Å². The van der Waals surface area contributed by atoms with Crippen molar-refractivity contribution in [2.75, 3.05) is 19.0 Å². The van der Waals surface area contributed by atoms with E-state index in [9.17, 15) is 14.4 Å². The summed E-state index contributed by atoms with van der Waals surface area (Å²) in [6.07, 6.45) is 4.73. The number of thioether (sulfide) groups is 1. The van der Waals surface area contributed by atoms with Crippen LogP contribution in [0.2, 0.25) is 0 Å². The van der Waals surface area contributed by atoms with Crippen LogP contribution in [-0.4, -0.2) is 40.2 Å². The Morgan fingerprint density at radius 1 is 1.15 bits per heavy atom. The van der Waals surface area contributed by atoms with Gasteiger partial charge in [0, 0.05) is 34.4 Å². The molecule has 0 unspecified atom stereocenters.